The lowest BCUT2D eigenvalue weighted by atomic mass is 10.0. The van der Waals surface area contributed by atoms with Crippen LogP contribution in [0.4, 0.5) is 10.2 Å². The van der Waals surface area contributed by atoms with E-state index in [4.69, 9.17) is 11.6 Å². The fourth-order valence-electron chi connectivity index (χ4n) is 4.50. The number of hydrogen-bond donors (Lipinski definition) is 1. The first-order chi connectivity index (χ1) is 18.2. The zero-order valence-corrected chi connectivity index (χ0v) is 21.3. The summed E-state index contributed by atoms with van der Waals surface area (Å²) in [7, 11) is 0. The van der Waals surface area contributed by atoms with Gasteiger partial charge < -0.3 is 10.2 Å². The van der Waals surface area contributed by atoms with E-state index in [1.807, 2.05) is 6.07 Å². The van der Waals surface area contributed by atoms with E-state index in [-0.39, 0.29) is 42.0 Å². The van der Waals surface area contributed by atoms with Crippen LogP contribution in [0.25, 0.3) is 22.0 Å². The predicted molar refractivity (Wildman–Crippen MR) is 138 cm³/mol. The molecule has 0 bridgehead atoms. The molecule has 0 aliphatic carbocycles. The summed E-state index contributed by atoms with van der Waals surface area (Å²) in [6, 6.07) is 9.08. The van der Waals surface area contributed by atoms with Crippen molar-refractivity contribution in [2.75, 3.05) is 11.9 Å². The molecule has 4 aromatic rings. The van der Waals surface area contributed by atoms with Crippen LogP contribution in [0.2, 0.25) is 5.15 Å². The van der Waals surface area contributed by atoms with Crippen LogP contribution in [-0.2, 0) is 16.1 Å². The number of nitrogens with zero attached hydrogens (tertiary/aromatic N) is 6. The normalized spacial score (nSPS) is 17.1. The highest BCUT2D eigenvalue weighted by Crippen LogP contribution is 2.28. The van der Waals surface area contributed by atoms with Crippen LogP contribution < -0.4 is 5.32 Å². The van der Waals surface area contributed by atoms with Crippen LogP contribution in [-0.4, -0.2) is 66.0 Å². The molecule has 1 N–H and O–H groups in total. The Kier molecular flexibility index (Phi) is 6.85. The number of aromatic nitrogens is 5. The van der Waals surface area contributed by atoms with Crippen molar-refractivity contribution in [2.24, 2.45) is 0 Å². The third-order valence-corrected chi connectivity index (χ3v) is 6.53. The molecule has 12 heteroatoms. The first kappa shape index (κ1) is 25.4. The maximum Gasteiger partial charge on any atom is 0.248 e. The summed E-state index contributed by atoms with van der Waals surface area (Å²) in [4.78, 5) is 52.2. The molecule has 1 saturated heterocycles. The molecular weight excluding hydrogens is 513 g/mol. The number of likely N-dealkylation sites (tertiary alicyclic amines) is 1. The lowest BCUT2D eigenvalue weighted by molar-refractivity contribution is -0.137. The second-order valence-corrected chi connectivity index (χ2v) is 9.43. The lowest BCUT2D eigenvalue weighted by Crippen LogP contribution is -2.44. The van der Waals surface area contributed by atoms with E-state index in [0.717, 1.165) is 11.1 Å². The maximum absolute atomic E-state index is 14.4. The predicted octanol–water partition coefficient (Wildman–Crippen LogP) is 3.63. The number of halogens is 2. The minimum atomic E-state index is -1.36. The Labute approximate surface area is 221 Å². The number of pyridine rings is 1. The Morgan fingerprint density at radius 2 is 1.89 bits per heavy atom. The van der Waals surface area contributed by atoms with Crippen LogP contribution >= 0.6 is 11.6 Å². The average Bonchev–Trinajstić information content (AvgIpc) is 3.45. The van der Waals surface area contributed by atoms with E-state index in [0.29, 0.717) is 16.7 Å². The number of amides is 2. The Morgan fingerprint density at radius 3 is 2.61 bits per heavy atom. The standard InChI is InChI=1S/C26H23ClFN7O3/c1-14(36)25-19-8-16(17-10-29-15(2)30-11-17)6-7-20(19)35(33-25)13-24(37)34-12-18(28)9-21(34)26(38)32-23-5-3-4-22(27)31-23/h3-8,10-11,18,21H,9,12-13H2,1-2H3,(H,31,32,38)/t18-,21+/m1/s1. The summed E-state index contributed by atoms with van der Waals surface area (Å²) in [5.41, 5.74) is 2.32. The summed E-state index contributed by atoms with van der Waals surface area (Å²) < 4.78 is 15.8. The molecule has 5 rings (SSSR count). The van der Waals surface area contributed by atoms with Gasteiger partial charge in [-0.2, -0.15) is 5.10 Å². The Bertz CT molecular complexity index is 1560. The number of carbonyl (C=O) groups excluding carboxylic acids is 3. The van der Waals surface area contributed by atoms with Crippen LogP contribution in [0.1, 0.15) is 29.7 Å². The molecule has 1 aromatic carbocycles. The van der Waals surface area contributed by atoms with E-state index in [2.05, 4.69) is 25.4 Å². The van der Waals surface area contributed by atoms with Crippen LogP contribution in [0.5, 0.6) is 0 Å². The van der Waals surface area contributed by atoms with Gasteiger partial charge in [-0.25, -0.2) is 19.3 Å². The third kappa shape index (κ3) is 5.10. The summed E-state index contributed by atoms with van der Waals surface area (Å²) in [5, 5.41) is 7.73. The number of alkyl halides is 1. The summed E-state index contributed by atoms with van der Waals surface area (Å²) in [6.07, 6.45) is 1.88. The molecule has 38 heavy (non-hydrogen) atoms. The molecule has 0 spiro atoms. The number of anilines is 1. The van der Waals surface area contributed by atoms with E-state index in [9.17, 15) is 18.8 Å². The molecule has 10 nitrogen and oxygen atoms in total. The second-order valence-electron chi connectivity index (χ2n) is 9.04. The van der Waals surface area contributed by atoms with Crippen molar-refractivity contribution in [3.8, 4) is 11.1 Å². The fourth-order valence-corrected chi connectivity index (χ4v) is 4.66. The number of hydrogen-bond acceptors (Lipinski definition) is 7. The van der Waals surface area contributed by atoms with Crippen LogP contribution in [0.15, 0.2) is 48.8 Å². The summed E-state index contributed by atoms with van der Waals surface area (Å²) >= 11 is 5.88. The van der Waals surface area contributed by atoms with E-state index in [1.54, 1.807) is 49.6 Å². The van der Waals surface area contributed by atoms with Crippen LogP contribution in [0, 0.1) is 6.92 Å². The van der Waals surface area contributed by atoms with Crippen molar-refractivity contribution in [2.45, 2.75) is 39.0 Å². The monoisotopic (exact) mass is 535 g/mol. The van der Waals surface area contributed by atoms with E-state index < -0.39 is 24.0 Å². The quantitative estimate of drug-likeness (QED) is 0.295. The highest BCUT2D eigenvalue weighted by atomic mass is 35.5. The lowest BCUT2D eigenvalue weighted by Gasteiger charge is -2.23. The van der Waals surface area contributed by atoms with Gasteiger partial charge in [0.05, 0.1) is 12.1 Å². The molecular formula is C26H23ClFN7O3. The van der Waals surface area contributed by atoms with E-state index >= 15 is 0 Å². The molecule has 4 heterocycles. The molecule has 0 saturated carbocycles. The molecule has 2 atom stereocenters. The Balaban J connectivity index is 1.41. The summed E-state index contributed by atoms with van der Waals surface area (Å²) in [6.45, 7) is 2.68. The van der Waals surface area contributed by atoms with Crippen molar-refractivity contribution in [3.05, 3.63) is 65.5 Å². The summed E-state index contributed by atoms with van der Waals surface area (Å²) in [5.74, 6) is -0.488. The topological polar surface area (TPSA) is 123 Å². The number of carbonyl (C=O) groups is 3. The second kappa shape index (κ2) is 10.3. The zero-order valence-electron chi connectivity index (χ0n) is 20.6. The van der Waals surface area contributed by atoms with Crippen molar-refractivity contribution in [1.82, 2.24) is 29.6 Å². The molecule has 2 amide bonds. The molecule has 1 aliphatic rings. The van der Waals surface area contributed by atoms with Gasteiger partial charge in [0.15, 0.2) is 5.78 Å². The van der Waals surface area contributed by atoms with Gasteiger partial charge in [0.25, 0.3) is 0 Å². The molecule has 1 aliphatic heterocycles. The van der Waals surface area contributed by atoms with Gasteiger partial charge in [-0.05, 0) is 36.8 Å². The van der Waals surface area contributed by atoms with Crippen molar-refractivity contribution in [3.63, 3.8) is 0 Å². The SMILES string of the molecule is CC(=O)c1nn(CC(=O)N2C[C@H](F)C[C@H]2C(=O)Nc2cccc(Cl)n2)c2ccc(-c3cnc(C)nc3)cc12. The first-order valence-corrected chi connectivity index (χ1v) is 12.2. The molecule has 3 aromatic heterocycles. The van der Waals surface area contributed by atoms with Gasteiger partial charge in [-0.3, -0.25) is 19.1 Å². The highest BCUT2D eigenvalue weighted by molar-refractivity contribution is 6.29. The zero-order chi connectivity index (χ0) is 27.0. The van der Waals surface area contributed by atoms with Gasteiger partial charge in [0.1, 0.15) is 41.2 Å². The van der Waals surface area contributed by atoms with Crippen LogP contribution in [0.3, 0.4) is 0 Å². The number of rotatable bonds is 6. The van der Waals surface area contributed by atoms with Gasteiger partial charge in [-0.15, -0.1) is 0 Å². The van der Waals surface area contributed by atoms with Gasteiger partial charge in [0, 0.05) is 36.7 Å². The van der Waals surface area contributed by atoms with Crippen molar-refractivity contribution in [1.29, 1.82) is 0 Å². The Morgan fingerprint density at radius 1 is 1.13 bits per heavy atom. The van der Waals surface area contributed by atoms with Gasteiger partial charge in [0.2, 0.25) is 11.8 Å². The fraction of sp³-hybridized carbons (Fsp3) is 0.269. The van der Waals surface area contributed by atoms with Crippen molar-refractivity contribution < 1.29 is 18.8 Å². The first-order valence-electron chi connectivity index (χ1n) is 11.9. The highest BCUT2D eigenvalue weighted by Gasteiger charge is 2.40. The van der Waals surface area contributed by atoms with Crippen molar-refractivity contribution >= 4 is 45.9 Å². The smallest absolute Gasteiger partial charge is 0.248 e. The largest absolute Gasteiger partial charge is 0.326 e. The average molecular weight is 536 g/mol. The molecule has 1 fully saturated rings. The maximum atomic E-state index is 14.4. The van der Waals surface area contributed by atoms with Gasteiger partial charge >= 0.3 is 0 Å². The molecule has 0 radical (unpaired) electrons. The number of ketones is 1. The number of Topliss-reactive ketones (excluding diaryl/α,β-unsaturated/α-hetero) is 1. The Hall–Kier alpha value is -4.25. The number of fused-ring (bicyclic) bond motifs is 1. The minimum Gasteiger partial charge on any atom is -0.326 e. The number of benzene rings is 1. The van der Waals surface area contributed by atoms with E-state index in [1.165, 1.54) is 16.5 Å². The minimum absolute atomic E-state index is 0.140. The third-order valence-electron chi connectivity index (χ3n) is 6.32. The molecule has 194 valence electrons. The molecule has 0 unspecified atom stereocenters. The number of aryl methyl sites for hydroxylation is 1. The number of nitrogens with one attached hydrogen (secondary N) is 1. The van der Waals surface area contributed by atoms with Gasteiger partial charge in [-0.1, -0.05) is 23.7 Å².